The smallest absolute Gasteiger partial charge is 0.416 e. The summed E-state index contributed by atoms with van der Waals surface area (Å²) in [5.41, 5.74) is -1.00. The van der Waals surface area contributed by atoms with Crippen molar-refractivity contribution in [1.82, 2.24) is 5.32 Å². The Morgan fingerprint density at radius 2 is 1.91 bits per heavy atom. The molecule has 0 radical (unpaired) electrons. The topological polar surface area (TPSA) is 82.4 Å². The molecule has 0 aliphatic carbocycles. The van der Waals surface area contributed by atoms with Crippen LogP contribution in [-0.4, -0.2) is 24.4 Å². The molecule has 1 heterocycles. The average Bonchev–Trinajstić information content (AvgIpc) is 2.76. The minimum Gasteiger partial charge on any atom is -0.466 e. The van der Waals surface area contributed by atoms with Gasteiger partial charge in [-0.2, -0.15) is 18.4 Å². The molecule has 0 saturated heterocycles. The van der Waals surface area contributed by atoms with E-state index in [9.17, 15) is 27.2 Å². The van der Waals surface area contributed by atoms with Crippen molar-refractivity contribution in [3.8, 4) is 6.07 Å². The summed E-state index contributed by atoms with van der Waals surface area (Å²) in [5, 5.41) is 11.4. The Hall–Kier alpha value is -3.39. The summed E-state index contributed by atoms with van der Waals surface area (Å²) >= 11 is 3.17. The van der Waals surface area contributed by atoms with Crippen LogP contribution in [-0.2, 0) is 15.7 Å². The van der Waals surface area contributed by atoms with Gasteiger partial charge in [-0.25, -0.2) is 14.0 Å². The second-order valence-corrected chi connectivity index (χ2v) is 7.19. The summed E-state index contributed by atoms with van der Waals surface area (Å²) in [6, 6.07) is 7.76. The zero-order valence-corrected chi connectivity index (χ0v) is 17.9. The third-order valence-corrected chi connectivity index (χ3v) is 5.24. The van der Waals surface area contributed by atoms with Gasteiger partial charge >= 0.3 is 18.2 Å². The number of ether oxygens (including phenoxy) is 1. The number of rotatable bonds is 4. The summed E-state index contributed by atoms with van der Waals surface area (Å²) in [6.07, 6.45) is -4.85. The molecule has 0 spiro atoms. The number of carbonyl (C=O) groups is 2. The third kappa shape index (κ3) is 4.45. The zero-order chi connectivity index (χ0) is 23.6. The predicted octanol–water partition coefficient (Wildman–Crippen LogP) is 4.81. The maximum Gasteiger partial charge on any atom is 0.416 e. The Morgan fingerprint density at radius 3 is 2.44 bits per heavy atom. The number of urea groups is 1. The van der Waals surface area contributed by atoms with Crippen LogP contribution in [0.1, 0.15) is 22.7 Å². The fraction of sp³-hybridized carbons (Fsp3) is 0.190. The molecule has 1 aliphatic heterocycles. The first kappa shape index (κ1) is 23.3. The number of benzene rings is 2. The van der Waals surface area contributed by atoms with Crippen LogP contribution in [0.4, 0.5) is 28.0 Å². The highest BCUT2D eigenvalue weighted by Crippen LogP contribution is 2.38. The molecule has 2 amide bonds. The molecule has 0 aromatic heterocycles. The normalized spacial score (nSPS) is 16.5. The number of hydrogen-bond acceptors (Lipinski definition) is 4. The molecule has 0 bridgehead atoms. The van der Waals surface area contributed by atoms with Crippen molar-refractivity contribution in [2.24, 2.45) is 0 Å². The fourth-order valence-corrected chi connectivity index (χ4v) is 3.84. The minimum atomic E-state index is -4.85. The van der Waals surface area contributed by atoms with Crippen molar-refractivity contribution in [1.29, 1.82) is 5.26 Å². The van der Waals surface area contributed by atoms with Gasteiger partial charge in [0.25, 0.3) is 0 Å². The van der Waals surface area contributed by atoms with Gasteiger partial charge in [-0.05, 0) is 35.9 Å². The molecule has 1 aliphatic rings. The molecule has 11 heteroatoms. The largest absolute Gasteiger partial charge is 0.466 e. The molecule has 3 rings (SSSR count). The lowest BCUT2D eigenvalue weighted by molar-refractivity contribution is -0.138. The summed E-state index contributed by atoms with van der Waals surface area (Å²) in [7, 11) is 1.11. The summed E-state index contributed by atoms with van der Waals surface area (Å²) in [6.45, 7) is 0. The van der Waals surface area contributed by atoms with Crippen LogP contribution >= 0.6 is 15.9 Å². The Bertz CT molecular complexity index is 1140. The van der Waals surface area contributed by atoms with Crippen LogP contribution in [0.15, 0.2) is 53.7 Å². The highest BCUT2D eigenvalue weighted by molar-refractivity contribution is 9.09. The number of nitriles is 1. The van der Waals surface area contributed by atoms with Crippen molar-refractivity contribution < 1.29 is 31.9 Å². The SMILES string of the molecule is COC(=O)C1=C(CBr)N(c2cc(F)cc(C(F)(F)F)c2)C(=O)NC1c1ccc(C#N)cc1. The standard InChI is InChI=1S/C21H14BrF4N3O3/c1-32-19(30)17-16(9-22)29(15-7-13(21(24,25)26)6-14(23)8-15)20(31)28-18(17)12-4-2-11(10-27)3-5-12/h2-8,18H,9H2,1H3,(H,28,31). The summed E-state index contributed by atoms with van der Waals surface area (Å²) in [5.74, 6) is -2.04. The number of nitrogens with one attached hydrogen (secondary N) is 1. The van der Waals surface area contributed by atoms with Crippen molar-refractivity contribution in [3.05, 3.63) is 76.2 Å². The molecule has 32 heavy (non-hydrogen) atoms. The lowest BCUT2D eigenvalue weighted by Crippen LogP contribution is -2.49. The lowest BCUT2D eigenvalue weighted by atomic mass is 9.94. The quantitative estimate of drug-likeness (QED) is 0.362. The maximum atomic E-state index is 14.0. The van der Waals surface area contributed by atoms with E-state index in [0.29, 0.717) is 23.3 Å². The van der Waals surface area contributed by atoms with Crippen molar-refractivity contribution in [2.75, 3.05) is 17.3 Å². The Morgan fingerprint density at radius 1 is 1.25 bits per heavy atom. The Labute approximate surface area is 188 Å². The van der Waals surface area contributed by atoms with Gasteiger partial charge in [-0.3, -0.25) is 4.90 Å². The Balaban J connectivity index is 2.21. The van der Waals surface area contributed by atoms with Gasteiger partial charge in [-0.15, -0.1) is 0 Å². The first-order valence-electron chi connectivity index (χ1n) is 8.96. The van der Waals surface area contributed by atoms with Gasteiger partial charge in [0.1, 0.15) is 5.82 Å². The van der Waals surface area contributed by atoms with Crippen LogP contribution in [0.25, 0.3) is 0 Å². The van der Waals surface area contributed by atoms with Crippen LogP contribution in [0.5, 0.6) is 0 Å². The molecule has 2 aromatic rings. The second kappa shape index (κ2) is 9.00. The Kier molecular flexibility index (Phi) is 6.55. The predicted molar refractivity (Wildman–Crippen MR) is 109 cm³/mol. The zero-order valence-electron chi connectivity index (χ0n) is 16.3. The number of amides is 2. The van der Waals surface area contributed by atoms with Gasteiger partial charge in [0.05, 0.1) is 47.3 Å². The van der Waals surface area contributed by atoms with E-state index in [4.69, 9.17) is 10.00 Å². The van der Waals surface area contributed by atoms with E-state index in [1.165, 1.54) is 24.3 Å². The monoisotopic (exact) mass is 511 g/mol. The lowest BCUT2D eigenvalue weighted by Gasteiger charge is -2.36. The molecular formula is C21H14BrF4N3O3. The fourth-order valence-electron chi connectivity index (χ4n) is 3.29. The number of methoxy groups -OCH3 is 1. The number of halogens is 5. The number of anilines is 1. The van der Waals surface area contributed by atoms with Crippen molar-refractivity contribution in [3.63, 3.8) is 0 Å². The van der Waals surface area contributed by atoms with Gasteiger partial charge in [0, 0.05) is 5.33 Å². The van der Waals surface area contributed by atoms with Crippen LogP contribution in [0, 0.1) is 17.1 Å². The number of hydrogen-bond donors (Lipinski definition) is 1. The molecular weight excluding hydrogens is 498 g/mol. The summed E-state index contributed by atoms with van der Waals surface area (Å²) in [4.78, 5) is 26.4. The van der Waals surface area contributed by atoms with Crippen LogP contribution < -0.4 is 10.2 Å². The molecule has 1 N–H and O–H groups in total. The van der Waals surface area contributed by atoms with Gasteiger partial charge < -0.3 is 10.1 Å². The number of carbonyl (C=O) groups excluding carboxylic acids is 2. The van der Waals surface area contributed by atoms with Crippen LogP contribution in [0.3, 0.4) is 0 Å². The average molecular weight is 512 g/mol. The molecule has 166 valence electrons. The minimum absolute atomic E-state index is 0.0197. The highest BCUT2D eigenvalue weighted by atomic mass is 79.9. The first-order valence-corrected chi connectivity index (χ1v) is 10.1. The van der Waals surface area contributed by atoms with E-state index in [2.05, 4.69) is 21.2 Å². The maximum absolute atomic E-state index is 14.0. The molecule has 0 saturated carbocycles. The van der Waals surface area contributed by atoms with Gasteiger partial charge in [0.15, 0.2) is 0 Å². The van der Waals surface area contributed by atoms with Crippen molar-refractivity contribution >= 4 is 33.6 Å². The van der Waals surface area contributed by atoms with Gasteiger partial charge in [0.2, 0.25) is 0 Å². The molecule has 2 aromatic carbocycles. The molecule has 1 unspecified atom stereocenters. The molecule has 0 fully saturated rings. The first-order chi connectivity index (χ1) is 15.1. The molecule has 1 atom stereocenters. The van der Waals surface area contributed by atoms with Gasteiger partial charge in [-0.1, -0.05) is 28.1 Å². The number of alkyl halides is 4. The van der Waals surface area contributed by atoms with E-state index in [1.54, 1.807) is 0 Å². The number of allylic oxidation sites excluding steroid dienone is 1. The summed E-state index contributed by atoms with van der Waals surface area (Å²) < 4.78 is 58.4. The van der Waals surface area contributed by atoms with E-state index in [0.717, 1.165) is 18.1 Å². The highest BCUT2D eigenvalue weighted by Gasteiger charge is 2.39. The van der Waals surface area contributed by atoms with E-state index >= 15 is 0 Å². The number of nitrogens with zero attached hydrogens (tertiary/aromatic N) is 2. The van der Waals surface area contributed by atoms with Crippen molar-refractivity contribution in [2.45, 2.75) is 12.2 Å². The van der Waals surface area contributed by atoms with E-state index in [1.807, 2.05) is 6.07 Å². The van der Waals surface area contributed by atoms with Crippen LogP contribution in [0.2, 0.25) is 0 Å². The molecule has 6 nitrogen and oxygen atoms in total. The van der Waals surface area contributed by atoms with E-state index in [-0.39, 0.29) is 16.6 Å². The third-order valence-electron chi connectivity index (χ3n) is 4.71. The second-order valence-electron chi connectivity index (χ2n) is 6.63. The number of esters is 1. The van der Waals surface area contributed by atoms with E-state index < -0.39 is 41.3 Å².